The van der Waals surface area contributed by atoms with Crippen molar-refractivity contribution in [2.45, 2.75) is 91.0 Å². The highest BCUT2D eigenvalue weighted by Gasteiger charge is 2.42. The predicted molar refractivity (Wildman–Crippen MR) is 95.8 cm³/mol. The van der Waals surface area contributed by atoms with Crippen LogP contribution in [0.25, 0.3) is 0 Å². The summed E-state index contributed by atoms with van der Waals surface area (Å²) in [7, 11) is 0. The molecule has 3 atom stereocenters. The van der Waals surface area contributed by atoms with Gasteiger partial charge in [0.2, 0.25) is 5.91 Å². The van der Waals surface area contributed by atoms with Crippen LogP contribution in [-0.2, 0) is 14.3 Å². The first-order chi connectivity index (χ1) is 11.5. The average Bonchev–Trinajstić information content (AvgIpc) is 2.87. The summed E-state index contributed by atoms with van der Waals surface area (Å²) in [4.78, 5) is 38.7. The molecule has 1 saturated heterocycles. The van der Waals surface area contributed by atoms with Gasteiger partial charge in [-0.25, -0.2) is 4.79 Å². The summed E-state index contributed by atoms with van der Waals surface area (Å²) in [5, 5.41) is 2.25. The van der Waals surface area contributed by atoms with E-state index in [0.717, 1.165) is 12.8 Å². The fourth-order valence-electron chi connectivity index (χ4n) is 3.16. The lowest BCUT2D eigenvalue weighted by Gasteiger charge is -2.32. The summed E-state index contributed by atoms with van der Waals surface area (Å²) in [5.74, 6) is -0.437. The summed E-state index contributed by atoms with van der Waals surface area (Å²) in [6.45, 7) is 11.1. The van der Waals surface area contributed by atoms with Gasteiger partial charge >= 0.3 is 6.09 Å². The van der Waals surface area contributed by atoms with Crippen molar-refractivity contribution < 1.29 is 19.1 Å². The molecule has 3 amide bonds. The van der Waals surface area contributed by atoms with E-state index in [2.05, 4.69) is 5.32 Å². The molecule has 0 radical (unpaired) electrons. The van der Waals surface area contributed by atoms with Crippen LogP contribution in [0.5, 0.6) is 0 Å². The molecule has 1 aliphatic heterocycles. The molecule has 0 aromatic rings. The van der Waals surface area contributed by atoms with Gasteiger partial charge in [0, 0.05) is 6.04 Å². The lowest BCUT2D eigenvalue weighted by Crippen LogP contribution is -2.55. The number of alkyl carbamates (subject to hydrolysis) is 1. The van der Waals surface area contributed by atoms with E-state index in [1.807, 2.05) is 20.8 Å². The Labute approximate surface area is 150 Å². The van der Waals surface area contributed by atoms with Crippen molar-refractivity contribution in [1.82, 2.24) is 10.2 Å². The maximum Gasteiger partial charge on any atom is 0.414 e. The molecular formula is C18H33N3O4. The number of rotatable bonds is 5. The fraction of sp³-hybridized carbons (Fsp3) is 0.833. The van der Waals surface area contributed by atoms with Gasteiger partial charge in [0.25, 0.3) is 5.91 Å². The first-order valence-electron chi connectivity index (χ1n) is 9.07. The number of carbonyl (C=O) groups excluding carboxylic acids is 3. The SMILES string of the molecule is CCC1CC[C@@H](C(=O)NC(=O)OC(C)(C)C)N1C(=O)[C@@H](N)CC(C)C. The molecule has 3 N–H and O–H groups in total. The van der Waals surface area contributed by atoms with Gasteiger partial charge in [-0.1, -0.05) is 20.8 Å². The van der Waals surface area contributed by atoms with E-state index < -0.39 is 29.7 Å². The minimum atomic E-state index is -0.795. The minimum Gasteiger partial charge on any atom is -0.444 e. The number of imide groups is 1. The third kappa shape index (κ3) is 6.30. The van der Waals surface area contributed by atoms with Gasteiger partial charge < -0.3 is 15.4 Å². The molecule has 1 heterocycles. The van der Waals surface area contributed by atoms with Gasteiger partial charge in [0.15, 0.2) is 0 Å². The lowest BCUT2D eigenvalue weighted by molar-refractivity contribution is -0.141. The average molecular weight is 355 g/mol. The second-order valence-electron chi connectivity index (χ2n) is 8.13. The second kappa shape index (κ2) is 8.65. The van der Waals surface area contributed by atoms with Gasteiger partial charge in [0.1, 0.15) is 11.6 Å². The first-order valence-corrected chi connectivity index (χ1v) is 9.07. The molecule has 144 valence electrons. The first kappa shape index (κ1) is 21.4. The zero-order valence-electron chi connectivity index (χ0n) is 16.3. The highest BCUT2D eigenvalue weighted by Crippen LogP contribution is 2.28. The number of nitrogens with zero attached hydrogens (tertiary/aromatic N) is 1. The molecule has 0 bridgehead atoms. The normalized spacial score (nSPS) is 22.0. The fourth-order valence-corrected chi connectivity index (χ4v) is 3.16. The Bertz CT molecular complexity index is 499. The van der Waals surface area contributed by atoms with Crippen molar-refractivity contribution in [3.63, 3.8) is 0 Å². The van der Waals surface area contributed by atoms with E-state index in [0.29, 0.717) is 12.8 Å². The van der Waals surface area contributed by atoms with Crippen molar-refractivity contribution in [3.05, 3.63) is 0 Å². The van der Waals surface area contributed by atoms with E-state index in [4.69, 9.17) is 10.5 Å². The number of carbonyl (C=O) groups is 3. The van der Waals surface area contributed by atoms with E-state index in [1.54, 1.807) is 25.7 Å². The Morgan fingerprint density at radius 2 is 1.84 bits per heavy atom. The van der Waals surface area contributed by atoms with Crippen LogP contribution in [0.4, 0.5) is 4.79 Å². The van der Waals surface area contributed by atoms with Crippen LogP contribution < -0.4 is 11.1 Å². The van der Waals surface area contributed by atoms with E-state index in [9.17, 15) is 14.4 Å². The largest absolute Gasteiger partial charge is 0.444 e. The molecule has 25 heavy (non-hydrogen) atoms. The lowest BCUT2D eigenvalue weighted by atomic mass is 10.0. The Morgan fingerprint density at radius 1 is 1.24 bits per heavy atom. The predicted octanol–water partition coefficient (Wildman–Crippen LogP) is 2.18. The zero-order valence-corrected chi connectivity index (χ0v) is 16.3. The van der Waals surface area contributed by atoms with Crippen LogP contribution in [0.3, 0.4) is 0 Å². The zero-order chi connectivity index (χ0) is 19.4. The summed E-state index contributed by atoms with van der Waals surface area (Å²) in [6, 6.07) is -1.34. The topological polar surface area (TPSA) is 102 Å². The van der Waals surface area contributed by atoms with Crippen molar-refractivity contribution in [3.8, 4) is 0 Å². The van der Waals surface area contributed by atoms with Crippen molar-refractivity contribution in [1.29, 1.82) is 0 Å². The molecule has 7 nitrogen and oxygen atoms in total. The molecular weight excluding hydrogens is 322 g/mol. The van der Waals surface area contributed by atoms with Crippen molar-refractivity contribution in [2.75, 3.05) is 0 Å². The van der Waals surface area contributed by atoms with Gasteiger partial charge in [-0.15, -0.1) is 0 Å². The number of hydrogen-bond acceptors (Lipinski definition) is 5. The maximum atomic E-state index is 12.8. The smallest absolute Gasteiger partial charge is 0.414 e. The monoisotopic (exact) mass is 355 g/mol. The van der Waals surface area contributed by atoms with Crippen LogP contribution >= 0.6 is 0 Å². The number of likely N-dealkylation sites (tertiary alicyclic amines) is 1. The minimum absolute atomic E-state index is 0.0277. The molecule has 0 aliphatic carbocycles. The summed E-state index contributed by atoms with van der Waals surface area (Å²) in [5.41, 5.74) is 5.35. The number of nitrogens with one attached hydrogen (secondary N) is 1. The summed E-state index contributed by atoms with van der Waals surface area (Å²) in [6.07, 6.45) is 1.76. The highest BCUT2D eigenvalue weighted by atomic mass is 16.6. The van der Waals surface area contributed by atoms with Gasteiger partial charge in [-0.05, 0) is 52.4 Å². The molecule has 1 fully saturated rings. The maximum absolute atomic E-state index is 12.8. The molecule has 1 unspecified atom stereocenters. The Balaban J connectivity index is 2.84. The highest BCUT2D eigenvalue weighted by molar-refractivity contribution is 5.97. The second-order valence-corrected chi connectivity index (χ2v) is 8.13. The van der Waals surface area contributed by atoms with Crippen LogP contribution in [-0.4, -0.2) is 46.5 Å². The summed E-state index contributed by atoms with van der Waals surface area (Å²) < 4.78 is 5.12. The van der Waals surface area contributed by atoms with Crippen LogP contribution in [0.2, 0.25) is 0 Å². The number of hydrogen-bond donors (Lipinski definition) is 2. The molecule has 1 rings (SSSR count). The molecule has 0 saturated carbocycles. The number of ether oxygens (including phenoxy) is 1. The summed E-state index contributed by atoms with van der Waals surface area (Å²) >= 11 is 0. The Hall–Kier alpha value is -1.63. The van der Waals surface area contributed by atoms with E-state index in [1.165, 1.54) is 0 Å². The van der Waals surface area contributed by atoms with Gasteiger partial charge in [-0.2, -0.15) is 0 Å². The molecule has 7 heteroatoms. The molecule has 0 aromatic carbocycles. The standard InChI is InChI=1S/C18H33N3O4/c1-7-12-8-9-14(15(22)20-17(24)25-18(4,5)6)21(12)16(23)13(19)10-11(2)3/h11-14H,7-10,19H2,1-6H3,(H,20,22,24)/t12?,13-,14-/m0/s1. The van der Waals surface area contributed by atoms with Gasteiger partial charge in [0.05, 0.1) is 6.04 Å². The number of amides is 3. The van der Waals surface area contributed by atoms with E-state index >= 15 is 0 Å². The van der Waals surface area contributed by atoms with Gasteiger partial charge in [-0.3, -0.25) is 14.9 Å². The van der Waals surface area contributed by atoms with Crippen LogP contribution in [0, 0.1) is 5.92 Å². The number of nitrogens with two attached hydrogens (primary N) is 1. The molecule has 0 aromatic heterocycles. The molecule has 1 aliphatic rings. The third-order valence-corrected chi connectivity index (χ3v) is 4.20. The molecule has 0 spiro atoms. The Morgan fingerprint density at radius 3 is 2.32 bits per heavy atom. The van der Waals surface area contributed by atoms with Crippen LogP contribution in [0.1, 0.15) is 67.2 Å². The van der Waals surface area contributed by atoms with Crippen LogP contribution in [0.15, 0.2) is 0 Å². The van der Waals surface area contributed by atoms with Crippen molar-refractivity contribution in [2.24, 2.45) is 11.7 Å². The quantitative estimate of drug-likeness (QED) is 0.787. The third-order valence-electron chi connectivity index (χ3n) is 4.20. The van der Waals surface area contributed by atoms with Crippen molar-refractivity contribution >= 4 is 17.9 Å². The Kier molecular flexibility index (Phi) is 7.41. The van der Waals surface area contributed by atoms with E-state index in [-0.39, 0.29) is 17.9 Å².